The Hall–Kier alpha value is -8.05. The van der Waals surface area contributed by atoms with E-state index in [9.17, 15) is 29.1 Å². The van der Waals surface area contributed by atoms with Crippen molar-refractivity contribution in [2.45, 2.75) is 78.1 Å². The Kier molecular flexibility index (Phi) is 16.6. The lowest BCUT2D eigenvalue weighted by Gasteiger charge is -2.36. The second-order valence-electron chi connectivity index (χ2n) is 19.5. The number of amides is 5. The van der Waals surface area contributed by atoms with Crippen LogP contribution in [0.3, 0.4) is 0 Å². The first kappa shape index (κ1) is 53.2. The SMILES string of the molecule is CNC(=O)c1nnc(Nc2ccc(N3CCN(C(=O)CCCC(=O)NC(C(=O)N4C[C@H](O)C[C@H]4C(=O)NCc4ccc(-c5scnc5C)cc4)C(C)(C)C)CC3)cn2)cc1Nc1cccc(-c2ncn(C)n2)c1OC. The maximum Gasteiger partial charge on any atom is 0.273 e. The van der Waals surface area contributed by atoms with Gasteiger partial charge in [0.25, 0.3) is 5.91 Å². The number of carbonyl (C=O) groups is 5. The topological polar surface area (TPSA) is 267 Å². The average Bonchev–Trinajstić information content (AvgIpc) is 4.16. The number of benzene rings is 2. The molecule has 2 fully saturated rings. The Bertz CT molecular complexity index is 3000. The number of thiazole rings is 1. The number of para-hydroxylation sites is 1. The molecule has 5 amide bonds. The predicted molar refractivity (Wildman–Crippen MR) is 284 cm³/mol. The Balaban J connectivity index is 0.798. The first-order valence-electron chi connectivity index (χ1n) is 24.7. The fourth-order valence-electron chi connectivity index (χ4n) is 9.04. The number of aliphatic hydroxyl groups is 1. The molecule has 2 saturated heterocycles. The number of likely N-dealkylation sites (tertiary alicyclic amines) is 1. The van der Waals surface area contributed by atoms with Crippen molar-refractivity contribution >= 4 is 69.6 Å². The fraction of sp³-hybridized carbons (Fsp3) is 0.404. The second kappa shape index (κ2) is 23.4. The van der Waals surface area contributed by atoms with E-state index in [2.05, 4.69) is 61.7 Å². The van der Waals surface area contributed by atoms with Gasteiger partial charge in [-0.25, -0.2) is 15.0 Å². The van der Waals surface area contributed by atoms with Crippen molar-refractivity contribution in [2.75, 3.05) is 62.4 Å². The third-order valence-corrected chi connectivity index (χ3v) is 14.1. The number of anilines is 5. The summed E-state index contributed by atoms with van der Waals surface area (Å²) in [5.41, 5.74) is 6.46. The summed E-state index contributed by atoms with van der Waals surface area (Å²) in [6.07, 6.45) is 2.99. The highest BCUT2D eigenvalue weighted by atomic mass is 32.1. The smallest absolute Gasteiger partial charge is 0.273 e. The molecule has 0 aliphatic carbocycles. The van der Waals surface area contributed by atoms with Crippen LogP contribution in [0, 0.1) is 12.3 Å². The van der Waals surface area contributed by atoms with E-state index in [-0.39, 0.29) is 62.2 Å². The van der Waals surface area contributed by atoms with Crippen LogP contribution in [0.1, 0.15) is 68.2 Å². The molecule has 0 spiro atoms. The molecule has 1 unspecified atom stereocenters. The fourth-order valence-corrected chi connectivity index (χ4v) is 9.85. The van der Waals surface area contributed by atoms with Gasteiger partial charge in [0.2, 0.25) is 23.6 Å². The summed E-state index contributed by atoms with van der Waals surface area (Å²) < 4.78 is 7.35. The van der Waals surface area contributed by atoms with E-state index in [1.54, 1.807) is 65.8 Å². The molecule has 6 heterocycles. The minimum absolute atomic E-state index is 0.0281. The van der Waals surface area contributed by atoms with Crippen LogP contribution in [0.5, 0.6) is 5.75 Å². The Morgan fingerprint density at radius 2 is 1.68 bits per heavy atom. The van der Waals surface area contributed by atoms with Gasteiger partial charge in [-0.1, -0.05) is 51.1 Å². The number of β-amino-alcohol motifs (C(OH)–C–C–N with tert-alkyl or cyclic N) is 1. The average molecular weight is 1040 g/mol. The van der Waals surface area contributed by atoms with Gasteiger partial charge in [-0.15, -0.1) is 21.5 Å². The van der Waals surface area contributed by atoms with Gasteiger partial charge in [0.15, 0.2) is 23.1 Å². The summed E-state index contributed by atoms with van der Waals surface area (Å²) in [5.74, 6) is 0.0421. The summed E-state index contributed by atoms with van der Waals surface area (Å²) in [6.45, 7) is 9.79. The number of aryl methyl sites for hydroxylation is 2. The van der Waals surface area contributed by atoms with Crippen LogP contribution in [0.25, 0.3) is 21.8 Å². The van der Waals surface area contributed by atoms with Gasteiger partial charge in [0.05, 0.1) is 58.1 Å². The highest BCUT2D eigenvalue weighted by molar-refractivity contribution is 7.13. The molecular formula is C52H63N15O7S. The first-order valence-corrected chi connectivity index (χ1v) is 25.6. The van der Waals surface area contributed by atoms with E-state index in [4.69, 9.17) is 4.74 Å². The lowest BCUT2D eigenvalue weighted by molar-refractivity contribution is -0.144. The van der Waals surface area contributed by atoms with Crippen LogP contribution in [0.2, 0.25) is 0 Å². The number of hydrogen-bond acceptors (Lipinski definition) is 17. The zero-order chi connectivity index (χ0) is 53.4. The number of aliphatic hydroxyl groups excluding tert-OH is 1. The predicted octanol–water partition coefficient (Wildman–Crippen LogP) is 4.58. The van der Waals surface area contributed by atoms with E-state index in [0.717, 1.165) is 27.4 Å². The standard InChI is InChI=1S/C52H63N15O7S/c1-31-46(75-30-57-31)33-16-14-32(15-17-33)26-55-49(71)39-24-35(68)28-67(39)51(73)47(52(2,3)4)60-42(69)12-9-13-43(70)66-22-20-65(21-23-66)34-18-19-40(54-27-34)59-41-25-38(44(62-61-41)50(72)53-5)58-37-11-8-10-36(45(37)74-7)48-56-29-64(6)63-48/h8,10-11,14-19,25,27,29-30,35,39,47,68H,9,12-13,20-24,26,28H2,1-7H3,(H,53,72)(H,55,71)(H,60,69)(H2,54,58,59,61)/t35-,39+,47?/m1/s1. The van der Waals surface area contributed by atoms with Gasteiger partial charge < -0.3 is 51.1 Å². The number of pyridine rings is 1. The number of piperazine rings is 1. The van der Waals surface area contributed by atoms with Crippen LogP contribution < -0.4 is 36.2 Å². The molecule has 0 bridgehead atoms. The van der Waals surface area contributed by atoms with E-state index >= 15 is 0 Å². The molecule has 0 saturated carbocycles. The molecule has 2 aromatic carbocycles. The van der Waals surface area contributed by atoms with Crippen molar-refractivity contribution in [2.24, 2.45) is 12.5 Å². The van der Waals surface area contributed by atoms with Crippen molar-refractivity contribution in [1.29, 1.82) is 0 Å². The van der Waals surface area contributed by atoms with E-state index in [1.807, 2.05) is 75.7 Å². The molecule has 2 aliphatic heterocycles. The zero-order valence-electron chi connectivity index (χ0n) is 43.1. The van der Waals surface area contributed by atoms with Crippen molar-refractivity contribution in [3.63, 3.8) is 0 Å². The van der Waals surface area contributed by atoms with E-state index in [1.165, 1.54) is 11.9 Å². The third kappa shape index (κ3) is 12.8. The third-order valence-electron chi connectivity index (χ3n) is 13.1. The lowest BCUT2D eigenvalue weighted by Crippen LogP contribution is -2.57. The number of nitrogens with zero attached hydrogens (tertiary/aromatic N) is 10. The number of aromatic nitrogens is 7. The quantitative estimate of drug-likeness (QED) is 0.0688. The molecule has 4 aromatic heterocycles. The van der Waals surface area contributed by atoms with Crippen LogP contribution >= 0.6 is 11.3 Å². The lowest BCUT2D eigenvalue weighted by atomic mass is 9.85. The molecule has 3 atom stereocenters. The number of carbonyl (C=O) groups excluding carboxylic acids is 5. The van der Waals surface area contributed by atoms with Crippen molar-refractivity contribution in [1.82, 2.24) is 60.7 Å². The highest BCUT2D eigenvalue weighted by Crippen LogP contribution is 2.37. The molecule has 75 heavy (non-hydrogen) atoms. The summed E-state index contributed by atoms with van der Waals surface area (Å²) in [5, 5.41) is 38.4. The van der Waals surface area contributed by atoms with Gasteiger partial charge >= 0.3 is 0 Å². The normalized spacial score (nSPS) is 16.0. The first-order chi connectivity index (χ1) is 36.0. The molecule has 8 rings (SSSR count). The Morgan fingerprint density at radius 1 is 0.907 bits per heavy atom. The number of methoxy groups -OCH3 is 1. The van der Waals surface area contributed by atoms with Crippen LogP contribution in [0.15, 0.2) is 78.7 Å². The maximum absolute atomic E-state index is 14.1. The highest BCUT2D eigenvalue weighted by Gasteiger charge is 2.44. The molecule has 6 aromatic rings. The van der Waals surface area contributed by atoms with Gasteiger partial charge in [-0.3, -0.25) is 28.7 Å². The second-order valence-corrected chi connectivity index (χ2v) is 20.4. The molecule has 6 N–H and O–H groups in total. The number of ether oxygens (including phenoxy) is 1. The zero-order valence-corrected chi connectivity index (χ0v) is 43.9. The molecule has 23 heteroatoms. The maximum atomic E-state index is 14.1. The monoisotopic (exact) mass is 1040 g/mol. The molecule has 2 aliphatic rings. The van der Waals surface area contributed by atoms with Crippen molar-refractivity contribution in [3.8, 4) is 27.6 Å². The summed E-state index contributed by atoms with van der Waals surface area (Å²) in [6, 6.07) is 16.8. The Morgan fingerprint density at radius 3 is 2.33 bits per heavy atom. The Labute approximate surface area is 438 Å². The number of nitrogens with one attached hydrogen (secondary N) is 5. The van der Waals surface area contributed by atoms with Crippen LogP contribution in [-0.2, 0) is 32.8 Å². The number of hydrogen-bond donors (Lipinski definition) is 6. The molecule has 0 radical (unpaired) electrons. The van der Waals surface area contributed by atoms with E-state index in [0.29, 0.717) is 66.3 Å². The van der Waals surface area contributed by atoms with E-state index < -0.39 is 35.4 Å². The van der Waals surface area contributed by atoms with Crippen LogP contribution in [0.4, 0.5) is 28.7 Å². The van der Waals surface area contributed by atoms with Gasteiger partial charge in [0.1, 0.15) is 24.2 Å². The summed E-state index contributed by atoms with van der Waals surface area (Å²) >= 11 is 1.57. The van der Waals surface area contributed by atoms with Gasteiger partial charge in [0, 0.05) is 78.7 Å². The van der Waals surface area contributed by atoms with Crippen LogP contribution in [-0.4, -0.2) is 144 Å². The molecule has 22 nitrogen and oxygen atoms in total. The minimum atomic E-state index is -0.974. The largest absolute Gasteiger partial charge is 0.494 e. The van der Waals surface area contributed by atoms with Crippen molar-refractivity contribution in [3.05, 3.63) is 95.6 Å². The minimum Gasteiger partial charge on any atom is -0.494 e. The van der Waals surface area contributed by atoms with Gasteiger partial charge in [-0.05, 0) is 54.2 Å². The number of rotatable bonds is 18. The van der Waals surface area contributed by atoms with Crippen molar-refractivity contribution < 1.29 is 33.8 Å². The summed E-state index contributed by atoms with van der Waals surface area (Å²) in [4.78, 5) is 86.9. The molecular weight excluding hydrogens is 979 g/mol. The van der Waals surface area contributed by atoms with Gasteiger partial charge in [-0.2, -0.15) is 5.10 Å². The summed E-state index contributed by atoms with van der Waals surface area (Å²) in [7, 11) is 4.82. The molecule has 394 valence electrons.